The number of rotatable bonds is 3. The molecule has 2 rings (SSSR count). The Hall–Kier alpha value is -2.52. The Bertz CT molecular complexity index is 821. The number of thiophene rings is 1. The predicted octanol–water partition coefficient (Wildman–Crippen LogP) is 3.87. The first-order valence-electron chi connectivity index (χ1n) is 7.48. The van der Waals surface area contributed by atoms with Gasteiger partial charge in [-0.3, -0.25) is 0 Å². The van der Waals surface area contributed by atoms with E-state index in [-0.39, 0.29) is 0 Å². The van der Waals surface area contributed by atoms with Gasteiger partial charge in [-0.2, -0.15) is 0 Å². The van der Waals surface area contributed by atoms with Gasteiger partial charge in [0.1, 0.15) is 10.5 Å². The van der Waals surface area contributed by atoms with E-state index in [1.165, 1.54) is 11.3 Å². The summed E-state index contributed by atoms with van der Waals surface area (Å²) in [4.78, 5) is 22.9. The molecule has 0 aliphatic rings. The Morgan fingerprint density at radius 3 is 2.75 bits per heavy atom. The van der Waals surface area contributed by atoms with E-state index in [2.05, 4.69) is 17.2 Å². The van der Waals surface area contributed by atoms with Crippen LogP contribution >= 0.6 is 11.3 Å². The van der Waals surface area contributed by atoms with Crippen LogP contribution in [0.3, 0.4) is 0 Å². The molecule has 0 unspecified atom stereocenters. The van der Waals surface area contributed by atoms with Gasteiger partial charge in [-0.25, -0.2) is 9.59 Å². The van der Waals surface area contributed by atoms with E-state index in [0.717, 1.165) is 15.6 Å². The number of hydrogen-bond acceptors (Lipinski definition) is 4. The first-order valence-corrected chi connectivity index (χ1v) is 8.29. The molecule has 1 heterocycles. The molecule has 1 amide bonds. The molecule has 0 fully saturated rings. The molecule has 0 saturated heterocycles. The Labute approximate surface area is 144 Å². The van der Waals surface area contributed by atoms with Crippen LogP contribution in [-0.2, 0) is 4.74 Å². The van der Waals surface area contributed by atoms with E-state index >= 15 is 0 Å². The number of fused-ring (bicyclic) bond motifs is 1. The molecule has 0 radical (unpaired) electrons. The zero-order valence-corrected chi connectivity index (χ0v) is 14.6. The van der Waals surface area contributed by atoms with Gasteiger partial charge in [0.25, 0.3) is 0 Å². The number of hydrogen-bond donors (Lipinski definition) is 2. The average molecular weight is 345 g/mol. The van der Waals surface area contributed by atoms with Crippen molar-refractivity contribution < 1.29 is 19.4 Å². The van der Waals surface area contributed by atoms with Crippen molar-refractivity contribution in [3.63, 3.8) is 0 Å². The minimum absolute atomic E-state index is 0.297. The Balaban J connectivity index is 1.98. The second kappa shape index (κ2) is 7.37. The molecule has 0 aliphatic carbocycles. The van der Waals surface area contributed by atoms with Crippen LogP contribution in [0.1, 0.15) is 42.4 Å². The van der Waals surface area contributed by atoms with Crippen molar-refractivity contribution in [3.8, 4) is 11.8 Å². The largest absolute Gasteiger partial charge is 0.477 e. The zero-order chi connectivity index (χ0) is 17.7. The van der Waals surface area contributed by atoms with Gasteiger partial charge in [-0.1, -0.05) is 17.9 Å². The first kappa shape index (κ1) is 17.8. The van der Waals surface area contributed by atoms with Crippen molar-refractivity contribution in [1.82, 2.24) is 5.32 Å². The third-order valence-electron chi connectivity index (χ3n) is 2.91. The van der Waals surface area contributed by atoms with Crippen LogP contribution < -0.4 is 5.32 Å². The Morgan fingerprint density at radius 1 is 1.33 bits per heavy atom. The topological polar surface area (TPSA) is 75.6 Å². The molecular weight excluding hydrogens is 326 g/mol. The molecule has 0 aliphatic heterocycles. The van der Waals surface area contributed by atoms with Crippen molar-refractivity contribution >= 4 is 33.5 Å². The molecule has 5 nitrogen and oxygen atoms in total. The minimum atomic E-state index is -0.934. The van der Waals surface area contributed by atoms with Crippen LogP contribution in [0, 0.1) is 11.8 Å². The molecule has 1 aromatic carbocycles. The van der Waals surface area contributed by atoms with Gasteiger partial charge >= 0.3 is 12.1 Å². The van der Waals surface area contributed by atoms with Gasteiger partial charge in [0.2, 0.25) is 0 Å². The van der Waals surface area contributed by atoms with Crippen LogP contribution in [0.15, 0.2) is 24.3 Å². The summed E-state index contributed by atoms with van der Waals surface area (Å²) in [7, 11) is 0. The van der Waals surface area contributed by atoms with Crippen molar-refractivity contribution in [3.05, 3.63) is 34.7 Å². The van der Waals surface area contributed by atoms with Crippen molar-refractivity contribution in [1.29, 1.82) is 0 Å². The normalized spacial score (nSPS) is 10.8. The molecule has 6 heteroatoms. The van der Waals surface area contributed by atoms with Crippen LogP contribution in [0.2, 0.25) is 0 Å². The lowest BCUT2D eigenvalue weighted by Crippen LogP contribution is -2.32. The van der Waals surface area contributed by atoms with E-state index in [0.29, 0.717) is 17.8 Å². The van der Waals surface area contributed by atoms with Crippen molar-refractivity contribution in [2.45, 2.75) is 32.8 Å². The lowest BCUT2D eigenvalue weighted by atomic mass is 10.1. The molecule has 0 atom stereocenters. The lowest BCUT2D eigenvalue weighted by molar-refractivity contribution is 0.0528. The number of carbonyl (C=O) groups is 2. The van der Waals surface area contributed by atoms with Crippen LogP contribution in [-0.4, -0.2) is 29.3 Å². The van der Waals surface area contributed by atoms with Gasteiger partial charge in [0.15, 0.2) is 0 Å². The third kappa shape index (κ3) is 5.00. The van der Waals surface area contributed by atoms with E-state index < -0.39 is 17.7 Å². The standard InChI is InChI=1S/C18H19NO4S/c1-18(2,3)23-17(22)19-10-5-4-7-12-8-6-9-14-13(12)11-15(24-14)16(20)21/h6,8-9,11H,5,10H2,1-3H3,(H,19,22)(H,20,21). The minimum Gasteiger partial charge on any atom is -0.477 e. The summed E-state index contributed by atoms with van der Waals surface area (Å²) in [6, 6.07) is 7.23. The fourth-order valence-electron chi connectivity index (χ4n) is 1.97. The Kier molecular flexibility index (Phi) is 5.47. The number of carbonyl (C=O) groups excluding carboxylic acids is 1. The van der Waals surface area contributed by atoms with Gasteiger partial charge in [0.05, 0.1) is 0 Å². The second-order valence-electron chi connectivity index (χ2n) is 6.11. The van der Waals surface area contributed by atoms with Gasteiger partial charge in [0, 0.05) is 28.6 Å². The average Bonchev–Trinajstić information content (AvgIpc) is 2.90. The highest BCUT2D eigenvalue weighted by molar-refractivity contribution is 7.20. The summed E-state index contributed by atoms with van der Waals surface area (Å²) in [6.07, 6.45) is 0.0151. The maximum absolute atomic E-state index is 11.5. The fraction of sp³-hybridized carbons (Fsp3) is 0.333. The summed E-state index contributed by atoms with van der Waals surface area (Å²) < 4.78 is 6.03. The number of amides is 1. The van der Waals surface area contributed by atoms with E-state index in [1.807, 2.05) is 18.2 Å². The number of carboxylic acids is 1. The maximum Gasteiger partial charge on any atom is 0.407 e. The molecule has 24 heavy (non-hydrogen) atoms. The second-order valence-corrected chi connectivity index (χ2v) is 7.20. The molecule has 0 bridgehead atoms. The fourth-order valence-corrected chi connectivity index (χ4v) is 2.90. The van der Waals surface area contributed by atoms with Gasteiger partial charge in [-0.05, 0) is 39.0 Å². The van der Waals surface area contributed by atoms with Gasteiger partial charge < -0.3 is 15.2 Å². The highest BCUT2D eigenvalue weighted by Gasteiger charge is 2.15. The smallest absolute Gasteiger partial charge is 0.407 e. The third-order valence-corrected chi connectivity index (χ3v) is 4.00. The van der Waals surface area contributed by atoms with Crippen LogP contribution in [0.25, 0.3) is 10.1 Å². The molecule has 2 aromatic rings. The highest BCUT2D eigenvalue weighted by Crippen LogP contribution is 2.28. The Morgan fingerprint density at radius 2 is 2.08 bits per heavy atom. The summed E-state index contributed by atoms with van der Waals surface area (Å²) in [5, 5.41) is 12.6. The summed E-state index contributed by atoms with van der Waals surface area (Å²) in [6.45, 7) is 5.81. The molecule has 126 valence electrons. The number of aromatic carboxylic acids is 1. The highest BCUT2D eigenvalue weighted by atomic mass is 32.1. The number of ether oxygens (including phenoxy) is 1. The SMILES string of the molecule is CC(C)(C)OC(=O)NCCC#Cc1cccc2sc(C(=O)O)cc12. The quantitative estimate of drug-likeness (QED) is 0.654. The van der Waals surface area contributed by atoms with Crippen LogP contribution in [0.4, 0.5) is 4.79 Å². The van der Waals surface area contributed by atoms with E-state index in [1.54, 1.807) is 26.8 Å². The summed E-state index contributed by atoms with van der Waals surface area (Å²) in [5.74, 6) is 5.09. The van der Waals surface area contributed by atoms with Crippen molar-refractivity contribution in [2.24, 2.45) is 0 Å². The molecule has 0 spiro atoms. The summed E-state index contributed by atoms with van der Waals surface area (Å²) >= 11 is 1.23. The summed E-state index contributed by atoms with van der Waals surface area (Å²) in [5.41, 5.74) is 0.264. The zero-order valence-electron chi connectivity index (χ0n) is 13.8. The number of nitrogens with one attached hydrogen (secondary N) is 1. The lowest BCUT2D eigenvalue weighted by Gasteiger charge is -2.19. The predicted molar refractivity (Wildman–Crippen MR) is 94.5 cm³/mol. The number of alkyl carbamates (subject to hydrolysis) is 1. The molecule has 0 saturated carbocycles. The number of benzene rings is 1. The van der Waals surface area contributed by atoms with Crippen LogP contribution in [0.5, 0.6) is 0 Å². The molecule has 2 N–H and O–H groups in total. The first-order chi connectivity index (χ1) is 11.3. The van der Waals surface area contributed by atoms with E-state index in [4.69, 9.17) is 9.84 Å². The van der Waals surface area contributed by atoms with Crippen molar-refractivity contribution in [2.75, 3.05) is 6.54 Å². The van der Waals surface area contributed by atoms with E-state index in [9.17, 15) is 9.59 Å². The molecular formula is C18H19NO4S. The maximum atomic E-state index is 11.5. The monoisotopic (exact) mass is 345 g/mol. The van der Waals surface area contributed by atoms with Gasteiger partial charge in [-0.15, -0.1) is 11.3 Å². The number of carboxylic acid groups (broad SMARTS) is 1. The molecule has 1 aromatic heterocycles.